The maximum absolute atomic E-state index is 13.3. The number of rotatable bonds is 6. The number of para-hydroxylation sites is 1. The average Bonchev–Trinajstić information content (AvgIpc) is 3.21. The zero-order valence-corrected chi connectivity index (χ0v) is 15.7. The summed E-state index contributed by atoms with van der Waals surface area (Å²) in [5.41, 5.74) is -0.533. The molecule has 27 heavy (non-hydrogen) atoms. The van der Waals surface area contributed by atoms with Gasteiger partial charge in [0.25, 0.3) is 5.91 Å². The molecule has 2 aromatic heterocycles. The fourth-order valence-corrected chi connectivity index (χ4v) is 3.78. The van der Waals surface area contributed by atoms with Crippen molar-refractivity contribution in [3.05, 3.63) is 46.7 Å². The van der Waals surface area contributed by atoms with Gasteiger partial charge in [0.2, 0.25) is 0 Å². The van der Waals surface area contributed by atoms with E-state index < -0.39 is 29.4 Å². The van der Waals surface area contributed by atoms with E-state index in [-0.39, 0.29) is 6.54 Å². The lowest BCUT2D eigenvalue weighted by Crippen LogP contribution is -2.28. The minimum absolute atomic E-state index is 0.263. The number of halogens is 3. The van der Waals surface area contributed by atoms with Crippen molar-refractivity contribution in [2.75, 3.05) is 6.54 Å². The van der Waals surface area contributed by atoms with Gasteiger partial charge in [0.1, 0.15) is 0 Å². The molecule has 0 aliphatic rings. The first-order chi connectivity index (χ1) is 12.8. The third kappa shape index (κ3) is 4.29. The molecule has 0 aliphatic carbocycles. The molecule has 5 nitrogen and oxygen atoms in total. The predicted octanol–water partition coefficient (Wildman–Crippen LogP) is 4.46. The van der Waals surface area contributed by atoms with Crippen LogP contribution in [0.1, 0.15) is 47.4 Å². The second-order valence-corrected chi connectivity index (χ2v) is 7.49. The molecule has 0 fully saturated rings. The maximum atomic E-state index is 13.3. The highest BCUT2D eigenvalue weighted by atomic mass is 32.1. The number of benzene rings is 1. The number of fused-ring (bicyclic) bond motifs is 1. The van der Waals surface area contributed by atoms with Gasteiger partial charge in [-0.3, -0.25) is 9.48 Å². The number of thiazole rings is 1. The molecular weight excluding hydrogens is 377 g/mol. The Kier molecular flexibility index (Phi) is 5.50. The molecule has 0 aliphatic heterocycles. The standard InChI is InChI=1S/C18H19F3N4OS/c1-11(2)25-16(18(19,20)21)12(10-23-25)17(26)22-9-5-8-15-24-13-6-3-4-7-14(13)27-15/h3-4,6-7,10-11H,5,8-9H2,1-2H3,(H,22,26). The lowest BCUT2D eigenvalue weighted by Gasteiger charge is -2.15. The third-order valence-corrected chi connectivity index (χ3v) is 5.09. The Morgan fingerprint density at radius 2 is 2.04 bits per heavy atom. The van der Waals surface area contributed by atoms with Crippen molar-refractivity contribution >= 4 is 27.5 Å². The van der Waals surface area contributed by atoms with Crippen LogP contribution in [0.5, 0.6) is 0 Å². The minimum Gasteiger partial charge on any atom is -0.352 e. The van der Waals surface area contributed by atoms with Gasteiger partial charge >= 0.3 is 6.18 Å². The molecule has 0 unspecified atom stereocenters. The second-order valence-electron chi connectivity index (χ2n) is 6.38. The summed E-state index contributed by atoms with van der Waals surface area (Å²) < 4.78 is 41.9. The number of aryl methyl sites for hydroxylation is 1. The molecule has 0 atom stereocenters. The minimum atomic E-state index is -4.64. The zero-order valence-electron chi connectivity index (χ0n) is 14.9. The first-order valence-electron chi connectivity index (χ1n) is 8.54. The monoisotopic (exact) mass is 396 g/mol. The highest BCUT2D eigenvalue weighted by Gasteiger charge is 2.40. The van der Waals surface area contributed by atoms with E-state index in [1.165, 1.54) is 0 Å². The molecule has 1 amide bonds. The molecule has 3 rings (SSSR count). The van der Waals surface area contributed by atoms with Crippen LogP contribution in [0.3, 0.4) is 0 Å². The van der Waals surface area contributed by atoms with Crippen molar-refractivity contribution in [3.63, 3.8) is 0 Å². The van der Waals surface area contributed by atoms with E-state index in [2.05, 4.69) is 15.4 Å². The van der Waals surface area contributed by atoms with Crippen molar-refractivity contribution in [2.24, 2.45) is 0 Å². The molecule has 0 spiro atoms. The van der Waals surface area contributed by atoms with Crippen LogP contribution < -0.4 is 5.32 Å². The Morgan fingerprint density at radius 3 is 2.70 bits per heavy atom. The Labute approximate surface area is 158 Å². The van der Waals surface area contributed by atoms with Gasteiger partial charge < -0.3 is 5.32 Å². The van der Waals surface area contributed by atoms with E-state index in [1.54, 1.807) is 25.2 Å². The number of amides is 1. The van der Waals surface area contributed by atoms with Gasteiger partial charge in [-0.05, 0) is 32.4 Å². The van der Waals surface area contributed by atoms with Crippen LogP contribution in [-0.4, -0.2) is 27.2 Å². The molecule has 9 heteroatoms. The summed E-state index contributed by atoms with van der Waals surface area (Å²) in [6.45, 7) is 3.43. The van der Waals surface area contributed by atoms with Gasteiger partial charge in [-0.1, -0.05) is 12.1 Å². The fraction of sp³-hybridized carbons (Fsp3) is 0.389. The van der Waals surface area contributed by atoms with Crippen molar-refractivity contribution in [1.82, 2.24) is 20.1 Å². The first-order valence-corrected chi connectivity index (χ1v) is 9.36. The van der Waals surface area contributed by atoms with E-state index in [0.717, 1.165) is 26.1 Å². The Bertz CT molecular complexity index is 913. The number of nitrogens with one attached hydrogen (secondary N) is 1. The van der Waals surface area contributed by atoms with Crippen molar-refractivity contribution in [3.8, 4) is 0 Å². The molecule has 0 saturated heterocycles. The predicted molar refractivity (Wildman–Crippen MR) is 97.9 cm³/mol. The number of carbonyl (C=O) groups is 1. The summed E-state index contributed by atoms with van der Waals surface area (Å²) >= 11 is 1.58. The van der Waals surface area contributed by atoms with E-state index in [1.807, 2.05) is 24.3 Å². The number of carbonyl (C=O) groups excluding carboxylic acids is 1. The quantitative estimate of drug-likeness (QED) is 0.626. The molecule has 0 radical (unpaired) electrons. The van der Waals surface area contributed by atoms with Crippen LogP contribution in [0, 0.1) is 0 Å². The Hall–Kier alpha value is -2.42. The van der Waals surface area contributed by atoms with Crippen LogP contribution >= 0.6 is 11.3 Å². The van der Waals surface area contributed by atoms with E-state index in [0.29, 0.717) is 12.8 Å². The SMILES string of the molecule is CC(C)n1ncc(C(=O)NCCCc2nc3ccccc3s2)c1C(F)(F)F. The largest absolute Gasteiger partial charge is 0.433 e. The van der Waals surface area contributed by atoms with Gasteiger partial charge in [-0.15, -0.1) is 11.3 Å². The average molecular weight is 396 g/mol. The summed E-state index contributed by atoms with van der Waals surface area (Å²) in [7, 11) is 0. The van der Waals surface area contributed by atoms with Crippen molar-refractivity contribution in [2.45, 2.75) is 38.9 Å². The van der Waals surface area contributed by atoms with Crippen LogP contribution in [0.4, 0.5) is 13.2 Å². The van der Waals surface area contributed by atoms with Crippen molar-refractivity contribution < 1.29 is 18.0 Å². The Balaban J connectivity index is 1.61. The van der Waals surface area contributed by atoms with Gasteiger partial charge in [0.15, 0.2) is 5.69 Å². The lowest BCUT2D eigenvalue weighted by atomic mass is 10.2. The molecule has 2 heterocycles. The summed E-state index contributed by atoms with van der Waals surface area (Å²) in [4.78, 5) is 16.7. The van der Waals surface area contributed by atoms with Gasteiger partial charge in [0.05, 0.1) is 27.0 Å². The highest BCUT2D eigenvalue weighted by molar-refractivity contribution is 7.18. The van der Waals surface area contributed by atoms with Crippen LogP contribution in [0.2, 0.25) is 0 Å². The lowest BCUT2D eigenvalue weighted by molar-refractivity contribution is -0.145. The second kappa shape index (κ2) is 7.67. The number of hydrogen-bond acceptors (Lipinski definition) is 4. The first kappa shape index (κ1) is 19.3. The molecular formula is C18H19F3N4OS. The van der Waals surface area contributed by atoms with E-state index in [4.69, 9.17) is 0 Å². The summed E-state index contributed by atoms with van der Waals surface area (Å²) in [5, 5.41) is 7.22. The normalized spacial score (nSPS) is 12.1. The van der Waals surface area contributed by atoms with E-state index >= 15 is 0 Å². The van der Waals surface area contributed by atoms with Gasteiger partial charge in [0, 0.05) is 19.0 Å². The molecule has 1 N–H and O–H groups in total. The van der Waals surface area contributed by atoms with Crippen molar-refractivity contribution in [1.29, 1.82) is 0 Å². The number of nitrogens with zero attached hydrogens (tertiary/aromatic N) is 3. The molecule has 0 saturated carbocycles. The third-order valence-electron chi connectivity index (χ3n) is 3.99. The highest BCUT2D eigenvalue weighted by Crippen LogP contribution is 2.33. The molecule has 0 bridgehead atoms. The molecule has 1 aromatic carbocycles. The van der Waals surface area contributed by atoms with Crippen LogP contribution in [0.15, 0.2) is 30.5 Å². The van der Waals surface area contributed by atoms with Crippen LogP contribution in [0.25, 0.3) is 10.2 Å². The number of alkyl halides is 3. The summed E-state index contributed by atoms with van der Waals surface area (Å²) in [6.07, 6.45) is -2.43. The summed E-state index contributed by atoms with van der Waals surface area (Å²) in [5.74, 6) is -0.765. The summed E-state index contributed by atoms with van der Waals surface area (Å²) in [6, 6.07) is 7.29. The number of aromatic nitrogens is 3. The topological polar surface area (TPSA) is 59.8 Å². The smallest absolute Gasteiger partial charge is 0.352 e. The zero-order chi connectivity index (χ0) is 19.6. The molecule has 144 valence electrons. The Morgan fingerprint density at radius 1 is 1.30 bits per heavy atom. The van der Waals surface area contributed by atoms with Gasteiger partial charge in [-0.2, -0.15) is 18.3 Å². The maximum Gasteiger partial charge on any atom is 0.433 e. The fourth-order valence-electron chi connectivity index (χ4n) is 2.77. The van der Waals surface area contributed by atoms with E-state index in [9.17, 15) is 18.0 Å². The van der Waals surface area contributed by atoms with Gasteiger partial charge in [-0.25, -0.2) is 4.98 Å². The number of hydrogen-bond donors (Lipinski definition) is 1. The molecule has 3 aromatic rings. The van der Waals surface area contributed by atoms with Crippen LogP contribution in [-0.2, 0) is 12.6 Å².